The fourth-order valence-electron chi connectivity index (χ4n) is 5.01. The summed E-state index contributed by atoms with van der Waals surface area (Å²) in [6.45, 7) is 3.44. The summed E-state index contributed by atoms with van der Waals surface area (Å²) in [6, 6.07) is 27.8. The molecule has 5 atom stereocenters. The molecule has 2 N–H and O–H groups in total. The van der Waals surface area contributed by atoms with E-state index in [1.54, 1.807) is 0 Å². The van der Waals surface area contributed by atoms with Crippen LogP contribution in [0.3, 0.4) is 0 Å². The maximum absolute atomic E-state index is 12.0. The molecule has 0 aromatic heterocycles. The molecule has 0 radical (unpaired) electrons. The molecule has 0 saturated carbocycles. The van der Waals surface area contributed by atoms with E-state index in [-0.39, 0.29) is 6.61 Å². The molecule has 0 spiro atoms. The molecule has 1 heterocycles. The molecule has 3 aromatic carbocycles. The number of carbonyl (C=O) groups is 3. The van der Waals surface area contributed by atoms with Crippen LogP contribution in [-0.2, 0) is 38.9 Å². The summed E-state index contributed by atoms with van der Waals surface area (Å²) in [5, 5.41) is 13.9. The number of benzene rings is 3. The summed E-state index contributed by atoms with van der Waals surface area (Å²) in [5.74, 6) is -1.85. The lowest BCUT2D eigenvalue weighted by Crippen LogP contribution is -2.66. The second-order valence-corrected chi connectivity index (χ2v) is 9.53. The van der Waals surface area contributed by atoms with Crippen LogP contribution in [0, 0.1) is 0 Å². The zero-order chi connectivity index (χ0) is 28.7. The lowest BCUT2D eigenvalue weighted by atomic mass is 9.80. The molecule has 4 rings (SSSR count). The van der Waals surface area contributed by atoms with Crippen LogP contribution in [0.15, 0.2) is 91.0 Å². The van der Waals surface area contributed by atoms with Crippen LogP contribution in [0.2, 0.25) is 0 Å². The SMILES string of the molecule is CC(=O)NC1C(OC(C)=O)OC(COC(c2ccccc2)(c2ccccc2)c2ccccc2)C(O)C1OC(C)=O. The number of nitrogens with one attached hydrogen (secondary N) is 1. The maximum atomic E-state index is 12.0. The van der Waals surface area contributed by atoms with Gasteiger partial charge in [0.15, 0.2) is 6.10 Å². The number of esters is 2. The average molecular weight is 548 g/mol. The number of ether oxygens (including phenoxy) is 4. The Balaban J connectivity index is 1.76. The molecular weight excluding hydrogens is 514 g/mol. The molecule has 1 fully saturated rings. The highest BCUT2D eigenvalue weighted by Crippen LogP contribution is 2.41. The second-order valence-electron chi connectivity index (χ2n) is 9.53. The minimum absolute atomic E-state index is 0.192. The molecule has 1 aliphatic rings. The van der Waals surface area contributed by atoms with Crippen LogP contribution in [0.25, 0.3) is 0 Å². The van der Waals surface area contributed by atoms with Crippen LogP contribution in [0.1, 0.15) is 37.5 Å². The normalized spacial score (nSPS) is 22.6. The van der Waals surface area contributed by atoms with Crippen LogP contribution in [-0.4, -0.2) is 60.2 Å². The standard InChI is InChI=1S/C31H33NO8/c1-20(33)32-27-29(38-21(2)34)28(36)26(40-30(27)39-22(3)35)19-37-31(23-13-7-4-8-14-23,24-15-9-5-10-16-24)25-17-11-6-12-18-25/h4-18,26-30,36H,19H2,1-3H3,(H,32,33). The van der Waals surface area contributed by atoms with Crippen molar-refractivity contribution >= 4 is 17.8 Å². The van der Waals surface area contributed by atoms with Crippen molar-refractivity contribution in [3.8, 4) is 0 Å². The molecule has 0 aliphatic carbocycles. The van der Waals surface area contributed by atoms with E-state index in [0.717, 1.165) is 16.7 Å². The molecule has 1 amide bonds. The van der Waals surface area contributed by atoms with Crippen molar-refractivity contribution in [2.75, 3.05) is 6.61 Å². The number of carbonyl (C=O) groups excluding carboxylic acids is 3. The Kier molecular flexibility index (Phi) is 9.31. The Hall–Kier alpha value is -4.05. The molecule has 40 heavy (non-hydrogen) atoms. The van der Waals surface area contributed by atoms with E-state index in [0.29, 0.717) is 0 Å². The number of aliphatic hydroxyl groups excluding tert-OH is 1. The van der Waals surface area contributed by atoms with Crippen molar-refractivity contribution in [1.29, 1.82) is 0 Å². The molecule has 9 nitrogen and oxygen atoms in total. The Bertz CT molecular complexity index is 1190. The minimum atomic E-state index is -1.42. The largest absolute Gasteiger partial charge is 0.457 e. The van der Waals surface area contributed by atoms with Gasteiger partial charge in [-0.3, -0.25) is 14.4 Å². The molecule has 210 valence electrons. The summed E-state index contributed by atoms with van der Waals surface area (Å²) in [5.41, 5.74) is 1.39. The van der Waals surface area contributed by atoms with Crippen LogP contribution < -0.4 is 5.32 Å². The van der Waals surface area contributed by atoms with Crippen molar-refractivity contribution in [3.05, 3.63) is 108 Å². The molecular formula is C31H33NO8. The maximum Gasteiger partial charge on any atom is 0.305 e. The van der Waals surface area contributed by atoms with E-state index in [1.807, 2.05) is 91.0 Å². The van der Waals surface area contributed by atoms with E-state index in [1.165, 1.54) is 20.8 Å². The quantitative estimate of drug-likeness (QED) is 0.310. The van der Waals surface area contributed by atoms with Gasteiger partial charge in [-0.15, -0.1) is 0 Å². The predicted molar refractivity (Wildman–Crippen MR) is 145 cm³/mol. The fourth-order valence-corrected chi connectivity index (χ4v) is 5.01. The van der Waals surface area contributed by atoms with Crippen LogP contribution in [0.5, 0.6) is 0 Å². The monoisotopic (exact) mass is 547 g/mol. The first-order valence-electron chi connectivity index (χ1n) is 13.0. The van der Waals surface area contributed by atoms with Crippen LogP contribution >= 0.6 is 0 Å². The van der Waals surface area contributed by atoms with Crippen molar-refractivity contribution in [2.24, 2.45) is 0 Å². The van der Waals surface area contributed by atoms with E-state index in [9.17, 15) is 19.5 Å². The van der Waals surface area contributed by atoms with Crippen molar-refractivity contribution in [2.45, 2.75) is 57.0 Å². The first kappa shape index (κ1) is 28.9. The number of rotatable bonds is 9. The summed E-state index contributed by atoms with van der Waals surface area (Å²) < 4.78 is 23.5. The fraction of sp³-hybridized carbons (Fsp3) is 0.323. The molecule has 1 saturated heterocycles. The van der Waals surface area contributed by atoms with Gasteiger partial charge in [0.25, 0.3) is 0 Å². The van der Waals surface area contributed by atoms with Gasteiger partial charge in [-0.25, -0.2) is 0 Å². The van der Waals surface area contributed by atoms with E-state index in [4.69, 9.17) is 18.9 Å². The molecule has 0 bridgehead atoms. The summed E-state index contributed by atoms with van der Waals surface area (Å²) in [7, 11) is 0. The third-order valence-corrected chi connectivity index (χ3v) is 6.63. The Morgan fingerprint density at radius 1 is 0.775 bits per heavy atom. The van der Waals surface area contributed by atoms with Gasteiger partial charge in [0.1, 0.15) is 23.9 Å². The highest BCUT2D eigenvalue weighted by Gasteiger charge is 2.50. The van der Waals surface area contributed by atoms with Gasteiger partial charge in [0.05, 0.1) is 6.61 Å². The van der Waals surface area contributed by atoms with Gasteiger partial charge in [-0.05, 0) is 16.7 Å². The Labute approximate surface area is 233 Å². The van der Waals surface area contributed by atoms with Gasteiger partial charge in [-0.2, -0.15) is 0 Å². The van der Waals surface area contributed by atoms with E-state index in [2.05, 4.69) is 5.32 Å². The lowest BCUT2D eigenvalue weighted by molar-refractivity contribution is -0.271. The first-order chi connectivity index (χ1) is 19.2. The predicted octanol–water partition coefficient (Wildman–Crippen LogP) is 3.08. The lowest BCUT2D eigenvalue weighted by Gasteiger charge is -2.44. The average Bonchev–Trinajstić information content (AvgIpc) is 2.94. The zero-order valence-corrected chi connectivity index (χ0v) is 22.6. The Morgan fingerprint density at radius 2 is 1.23 bits per heavy atom. The number of hydrogen-bond acceptors (Lipinski definition) is 8. The Morgan fingerprint density at radius 3 is 1.62 bits per heavy atom. The topological polar surface area (TPSA) is 120 Å². The van der Waals surface area contributed by atoms with Gasteiger partial charge in [-0.1, -0.05) is 91.0 Å². The van der Waals surface area contributed by atoms with Gasteiger partial charge in [0.2, 0.25) is 12.2 Å². The third kappa shape index (κ3) is 6.39. The second kappa shape index (κ2) is 12.9. The number of aliphatic hydroxyl groups is 1. The summed E-state index contributed by atoms with van der Waals surface area (Å²) in [4.78, 5) is 35.8. The van der Waals surface area contributed by atoms with Crippen molar-refractivity contribution in [1.82, 2.24) is 5.32 Å². The zero-order valence-electron chi connectivity index (χ0n) is 22.6. The van der Waals surface area contributed by atoms with Gasteiger partial charge < -0.3 is 29.4 Å². The number of amides is 1. The van der Waals surface area contributed by atoms with Crippen molar-refractivity contribution < 1.29 is 38.4 Å². The first-order valence-corrected chi connectivity index (χ1v) is 13.0. The van der Waals surface area contributed by atoms with E-state index < -0.39 is 54.1 Å². The smallest absolute Gasteiger partial charge is 0.305 e. The molecule has 5 unspecified atom stereocenters. The number of hydrogen-bond donors (Lipinski definition) is 2. The van der Waals surface area contributed by atoms with E-state index >= 15 is 0 Å². The highest BCUT2D eigenvalue weighted by atomic mass is 16.7. The highest BCUT2D eigenvalue weighted by molar-refractivity contribution is 5.74. The van der Waals surface area contributed by atoms with Gasteiger partial charge in [0, 0.05) is 20.8 Å². The summed E-state index contributed by atoms with van der Waals surface area (Å²) >= 11 is 0. The summed E-state index contributed by atoms with van der Waals surface area (Å²) in [6.07, 6.45) is -5.14. The third-order valence-electron chi connectivity index (χ3n) is 6.63. The van der Waals surface area contributed by atoms with Crippen molar-refractivity contribution in [3.63, 3.8) is 0 Å². The molecule has 1 aliphatic heterocycles. The molecule has 9 heteroatoms. The van der Waals surface area contributed by atoms with Crippen LogP contribution in [0.4, 0.5) is 0 Å². The van der Waals surface area contributed by atoms with Gasteiger partial charge >= 0.3 is 11.9 Å². The molecule has 3 aromatic rings. The minimum Gasteiger partial charge on any atom is -0.457 e.